The van der Waals surface area contributed by atoms with Gasteiger partial charge in [0, 0.05) is 6.42 Å². The van der Waals surface area contributed by atoms with Crippen LogP contribution in [0.15, 0.2) is 24.3 Å². The Balaban J connectivity index is 2.85. The highest BCUT2D eigenvalue weighted by atomic mass is 16.6. The zero-order valence-electron chi connectivity index (χ0n) is 17.0. The molecule has 148 valence electrons. The second kappa shape index (κ2) is 9.31. The van der Waals surface area contributed by atoms with Crippen LogP contribution in [0.25, 0.3) is 0 Å². The molecule has 0 aromatic heterocycles. The van der Waals surface area contributed by atoms with E-state index in [-0.39, 0.29) is 18.1 Å². The molecular weight excluding hydrogens is 344 g/mol. The van der Waals surface area contributed by atoms with E-state index in [1.807, 2.05) is 45.0 Å². The second-order valence-corrected chi connectivity index (χ2v) is 8.18. The number of alkyl carbamates (subject to hydrolysis) is 1. The monoisotopic (exact) mass is 374 g/mol. The third-order valence-corrected chi connectivity index (χ3v) is 3.16. The van der Waals surface area contributed by atoms with Crippen molar-refractivity contribution in [3.05, 3.63) is 29.8 Å². The highest BCUT2D eigenvalue weighted by molar-refractivity contribution is 5.86. The fourth-order valence-corrected chi connectivity index (χ4v) is 2.20. The molecule has 0 saturated carbocycles. The van der Waals surface area contributed by atoms with E-state index < -0.39 is 17.7 Å². The molecule has 0 aliphatic heterocycles. The Hall–Kier alpha value is -2.68. The van der Waals surface area contributed by atoms with E-state index in [2.05, 4.69) is 16.6 Å². The quantitative estimate of drug-likeness (QED) is 0.751. The lowest BCUT2D eigenvalue weighted by Crippen LogP contribution is -2.49. The number of hydrogen-bond donors (Lipinski definition) is 2. The molecule has 0 aliphatic rings. The van der Waals surface area contributed by atoms with Gasteiger partial charge in [0.25, 0.3) is 0 Å². The predicted octanol–water partition coefficient (Wildman–Crippen LogP) is 3.05. The summed E-state index contributed by atoms with van der Waals surface area (Å²) in [5.41, 5.74) is -0.0824. The Kier molecular flexibility index (Phi) is 7.71. The third-order valence-electron chi connectivity index (χ3n) is 3.16. The van der Waals surface area contributed by atoms with Gasteiger partial charge in [-0.1, -0.05) is 18.1 Å². The van der Waals surface area contributed by atoms with Gasteiger partial charge in [0.2, 0.25) is 5.91 Å². The lowest BCUT2D eigenvalue weighted by Gasteiger charge is -2.23. The normalized spacial score (nSPS) is 12.5. The molecule has 6 nitrogen and oxygen atoms in total. The van der Waals surface area contributed by atoms with Crippen molar-refractivity contribution in [3.8, 4) is 18.1 Å². The minimum atomic E-state index is -0.803. The number of amides is 2. The lowest BCUT2D eigenvalue weighted by molar-refractivity contribution is -0.122. The molecule has 2 amide bonds. The molecule has 1 aromatic carbocycles. The van der Waals surface area contributed by atoms with Gasteiger partial charge in [0.15, 0.2) is 0 Å². The molecule has 6 heteroatoms. The van der Waals surface area contributed by atoms with E-state index in [0.717, 1.165) is 11.3 Å². The number of carbonyl (C=O) groups excluding carboxylic acids is 2. The molecule has 0 saturated heterocycles. The number of benzene rings is 1. The lowest BCUT2D eigenvalue weighted by atomic mass is 10.0. The highest BCUT2D eigenvalue weighted by Gasteiger charge is 2.24. The summed E-state index contributed by atoms with van der Waals surface area (Å²) in [5.74, 6) is 2.71. The fourth-order valence-electron chi connectivity index (χ4n) is 2.20. The van der Waals surface area contributed by atoms with Gasteiger partial charge in [0.05, 0.1) is 6.54 Å². The number of nitrogens with one attached hydrogen (secondary N) is 2. The third kappa shape index (κ3) is 9.55. The van der Waals surface area contributed by atoms with Crippen LogP contribution in [-0.2, 0) is 16.0 Å². The summed E-state index contributed by atoms with van der Waals surface area (Å²) in [6.07, 6.45) is 4.83. The molecule has 0 radical (unpaired) electrons. The number of carbonyl (C=O) groups is 2. The Morgan fingerprint density at radius 3 is 2.15 bits per heavy atom. The summed E-state index contributed by atoms with van der Waals surface area (Å²) in [6, 6.07) is 6.59. The van der Waals surface area contributed by atoms with Gasteiger partial charge in [-0.25, -0.2) is 4.79 Å². The molecule has 0 spiro atoms. The standard InChI is InChI=1S/C21H30N2O4/c1-8-13-22-18(24)17(23-19(25)27-21(5,6)7)14-15-9-11-16(12-10-15)26-20(2,3)4/h1,9-12,17H,13-14H2,2-7H3,(H,22,24)(H,23,25)/t17-/m0/s1. The van der Waals surface area contributed by atoms with E-state index in [1.54, 1.807) is 20.8 Å². The number of ether oxygens (including phenoxy) is 2. The average molecular weight is 374 g/mol. The average Bonchev–Trinajstić information content (AvgIpc) is 2.50. The molecular formula is C21H30N2O4. The van der Waals surface area contributed by atoms with Crippen molar-refractivity contribution in [2.24, 2.45) is 0 Å². The van der Waals surface area contributed by atoms with E-state index in [4.69, 9.17) is 15.9 Å². The number of terminal acetylenes is 1. The van der Waals surface area contributed by atoms with Crippen LogP contribution in [0.5, 0.6) is 5.75 Å². The summed E-state index contributed by atoms with van der Waals surface area (Å²) in [6.45, 7) is 11.3. The smallest absolute Gasteiger partial charge is 0.408 e. The largest absolute Gasteiger partial charge is 0.488 e. The maximum absolute atomic E-state index is 12.4. The highest BCUT2D eigenvalue weighted by Crippen LogP contribution is 2.19. The molecule has 1 rings (SSSR count). The fraction of sp³-hybridized carbons (Fsp3) is 0.524. The summed E-state index contributed by atoms with van der Waals surface area (Å²) in [4.78, 5) is 24.4. The maximum Gasteiger partial charge on any atom is 0.408 e. The zero-order chi connectivity index (χ0) is 20.7. The minimum absolute atomic E-state index is 0.0870. The van der Waals surface area contributed by atoms with Crippen LogP contribution in [-0.4, -0.2) is 35.8 Å². The maximum atomic E-state index is 12.4. The second-order valence-electron chi connectivity index (χ2n) is 8.18. The Morgan fingerprint density at radius 2 is 1.67 bits per heavy atom. The predicted molar refractivity (Wildman–Crippen MR) is 106 cm³/mol. The molecule has 0 bridgehead atoms. The van der Waals surface area contributed by atoms with E-state index >= 15 is 0 Å². The van der Waals surface area contributed by atoms with E-state index in [1.165, 1.54) is 0 Å². The number of rotatable bonds is 6. The van der Waals surface area contributed by atoms with Gasteiger partial charge in [-0.05, 0) is 59.2 Å². The Labute approximate surface area is 162 Å². The molecule has 0 unspecified atom stereocenters. The van der Waals surface area contributed by atoms with Crippen molar-refractivity contribution >= 4 is 12.0 Å². The first-order valence-corrected chi connectivity index (χ1v) is 8.88. The molecule has 0 heterocycles. The number of hydrogen-bond acceptors (Lipinski definition) is 4. The van der Waals surface area contributed by atoms with Crippen molar-refractivity contribution in [2.75, 3.05) is 6.54 Å². The molecule has 0 fully saturated rings. The molecule has 27 heavy (non-hydrogen) atoms. The summed E-state index contributed by atoms with van der Waals surface area (Å²) >= 11 is 0. The Morgan fingerprint density at radius 1 is 1.07 bits per heavy atom. The first kappa shape index (κ1) is 22.4. The summed E-state index contributed by atoms with van der Waals surface area (Å²) in [5, 5.41) is 5.20. The Bertz CT molecular complexity index is 676. The van der Waals surface area contributed by atoms with Gasteiger partial charge >= 0.3 is 6.09 Å². The van der Waals surface area contributed by atoms with Crippen LogP contribution in [0.2, 0.25) is 0 Å². The van der Waals surface area contributed by atoms with Gasteiger partial charge in [-0.2, -0.15) is 0 Å². The summed E-state index contributed by atoms with van der Waals surface area (Å²) in [7, 11) is 0. The molecule has 1 atom stereocenters. The first-order valence-electron chi connectivity index (χ1n) is 8.88. The van der Waals surface area contributed by atoms with E-state index in [0.29, 0.717) is 6.42 Å². The topological polar surface area (TPSA) is 76.7 Å². The van der Waals surface area contributed by atoms with Crippen LogP contribution >= 0.6 is 0 Å². The molecule has 1 aromatic rings. The van der Waals surface area contributed by atoms with Gasteiger partial charge < -0.3 is 20.1 Å². The SMILES string of the molecule is C#CCNC(=O)[C@H](Cc1ccc(OC(C)(C)C)cc1)NC(=O)OC(C)(C)C. The zero-order valence-corrected chi connectivity index (χ0v) is 17.0. The van der Waals surface area contributed by atoms with Crippen LogP contribution < -0.4 is 15.4 Å². The van der Waals surface area contributed by atoms with E-state index in [9.17, 15) is 9.59 Å². The summed E-state index contributed by atoms with van der Waals surface area (Å²) < 4.78 is 11.0. The van der Waals surface area contributed by atoms with Crippen molar-refractivity contribution in [3.63, 3.8) is 0 Å². The molecule has 2 N–H and O–H groups in total. The van der Waals surface area contributed by atoms with Crippen molar-refractivity contribution < 1.29 is 19.1 Å². The van der Waals surface area contributed by atoms with Crippen molar-refractivity contribution in [2.45, 2.75) is 65.2 Å². The van der Waals surface area contributed by atoms with Crippen LogP contribution in [0.4, 0.5) is 4.79 Å². The first-order chi connectivity index (χ1) is 12.4. The van der Waals surface area contributed by atoms with Gasteiger partial charge in [0.1, 0.15) is 23.0 Å². The van der Waals surface area contributed by atoms with Crippen LogP contribution in [0, 0.1) is 12.3 Å². The molecule has 0 aliphatic carbocycles. The van der Waals surface area contributed by atoms with Crippen LogP contribution in [0.1, 0.15) is 47.1 Å². The van der Waals surface area contributed by atoms with Crippen molar-refractivity contribution in [1.82, 2.24) is 10.6 Å². The van der Waals surface area contributed by atoms with Gasteiger partial charge in [-0.3, -0.25) is 4.79 Å². The van der Waals surface area contributed by atoms with Gasteiger partial charge in [-0.15, -0.1) is 6.42 Å². The van der Waals surface area contributed by atoms with Crippen molar-refractivity contribution in [1.29, 1.82) is 0 Å². The van der Waals surface area contributed by atoms with Crippen LogP contribution in [0.3, 0.4) is 0 Å². The minimum Gasteiger partial charge on any atom is -0.488 e.